The molecule has 0 aromatic heterocycles. The molecule has 2 amide bonds. The fourth-order valence-electron chi connectivity index (χ4n) is 1.75. The Bertz CT molecular complexity index is 473. The average molecular weight is 294 g/mol. The first-order valence-corrected chi connectivity index (χ1v) is 6.84. The Morgan fingerprint density at radius 1 is 1.14 bits per heavy atom. The van der Waals surface area contributed by atoms with Gasteiger partial charge in [0.25, 0.3) is 5.91 Å². The normalized spacial score (nSPS) is 11.0. The van der Waals surface area contributed by atoms with Crippen LogP contribution in [0.25, 0.3) is 0 Å². The number of aliphatic hydroxyl groups excluding tert-OH is 2. The molecule has 0 aliphatic heterocycles. The highest BCUT2D eigenvalue weighted by atomic mass is 16.3. The van der Waals surface area contributed by atoms with Gasteiger partial charge in [0.15, 0.2) is 0 Å². The van der Waals surface area contributed by atoms with E-state index in [1.165, 1.54) is 6.92 Å². The zero-order chi connectivity index (χ0) is 15.9. The second-order valence-corrected chi connectivity index (χ2v) is 5.01. The second-order valence-electron chi connectivity index (χ2n) is 5.01. The molecule has 21 heavy (non-hydrogen) atoms. The van der Waals surface area contributed by atoms with E-state index in [9.17, 15) is 19.8 Å². The van der Waals surface area contributed by atoms with E-state index >= 15 is 0 Å². The molecule has 4 N–H and O–H groups in total. The predicted octanol–water partition coefficient (Wildman–Crippen LogP) is 0.186. The van der Waals surface area contributed by atoms with Crippen LogP contribution in [0.1, 0.15) is 36.2 Å². The van der Waals surface area contributed by atoms with Crippen LogP contribution >= 0.6 is 0 Å². The third-order valence-electron chi connectivity index (χ3n) is 3.42. The van der Waals surface area contributed by atoms with Gasteiger partial charge in [0, 0.05) is 19.0 Å². The number of benzene rings is 1. The van der Waals surface area contributed by atoms with Gasteiger partial charge in [-0.2, -0.15) is 0 Å². The second kappa shape index (κ2) is 7.75. The van der Waals surface area contributed by atoms with Crippen molar-refractivity contribution in [3.63, 3.8) is 0 Å². The molecule has 6 nitrogen and oxygen atoms in total. The minimum absolute atomic E-state index is 0.115. The Labute approximate surface area is 124 Å². The molecule has 1 rings (SSSR count). The van der Waals surface area contributed by atoms with Gasteiger partial charge in [-0.3, -0.25) is 9.59 Å². The van der Waals surface area contributed by atoms with Gasteiger partial charge in [0.1, 0.15) is 0 Å². The summed E-state index contributed by atoms with van der Waals surface area (Å²) in [6, 6.07) is 6.77. The molecule has 0 unspecified atom stereocenters. The Kier molecular flexibility index (Phi) is 6.33. The lowest BCUT2D eigenvalue weighted by Crippen LogP contribution is -2.53. The van der Waals surface area contributed by atoms with E-state index in [1.54, 1.807) is 31.2 Å². The third-order valence-corrected chi connectivity index (χ3v) is 3.42. The van der Waals surface area contributed by atoms with Crippen LogP contribution in [0.2, 0.25) is 0 Å². The molecule has 0 aliphatic rings. The molecule has 0 spiro atoms. The standard InChI is InChI=1S/C15H22N2O4/c1-3-15(9-18,10-19)17-14(21)13-6-4-12(5-7-13)8-16-11(2)20/h4-7,18-19H,3,8-10H2,1-2H3,(H,16,20)(H,17,21). The molecular weight excluding hydrogens is 272 g/mol. The fraction of sp³-hybridized carbons (Fsp3) is 0.467. The van der Waals surface area contributed by atoms with E-state index in [4.69, 9.17) is 0 Å². The zero-order valence-corrected chi connectivity index (χ0v) is 12.3. The first-order chi connectivity index (χ1) is 9.96. The molecule has 0 radical (unpaired) electrons. The Morgan fingerprint density at radius 2 is 1.71 bits per heavy atom. The topological polar surface area (TPSA) is 98.7 Å². The number of rotatable bonds is 7. The van der Waals surface area contributed by atoms with Gasteiger partial charge in [0.2, 0.25) is 5.91 Å². The van der Waals surface area contributed by atoms with Crippen molar-refractivity contribution in [2.75, 3.05) is 13.2 Å². The fourth-order valence-corrected chi connectivity index (χ4v) is 1.75. The zero-order valence-electron chi connectivity index (χ0n) is 12.3. The molecular formula is C15H22N2O4. The molecule has 1 aromatic carbocycles. The quantitative estimate of drug-likeness (QED) is 0.577. The van der Waals surface area contributed by atoms with Crippen molar-refractivity contribution in [1.82, 2.24) is 10.6 Å². The summed E-state index contributed by atoms with van der Waals surface area (Å²) in [5, 5.41) is 24.0. The minimum Gasteiger partial charge on any atom is -0.394 e. The van der Waals surface area contributed by atoms with Gasteiger partial charge in [-0.15, -0.1) is 0 Å². The number of hydrogen-bond acceptors (Lipinski definition) is 4. The largest absolute Gasteiger partial charge is 0.394 e. The van der Waals surface area contributed by atoms with Crippen LogP contribution in [0.3, 0.4) is 0 Å². The maximum Gasteiger partial charge on any atom is 0.251 e. The van der Waals surface area contributed by atoms with Crippen LogP contribution < -0.4 is 10.6 Å². The highest BCUT2D eigenvalue weighted by molar-refractivity contribution is 5.94. The number of hydrogen-bond donors (Lipinski definition) is 4. The van der Waals surface area contributed by atoms with Gasteiger partial charge >= 0.3 is 0 Å². The summed E-state index contributed by atoms with van der Waals surface area (Å²) in [5.41, 5.74) is 0.306. The summed E-state index contributed by atoms with van der Waals surface area (Å²) in [5.74, 6) is -0.471. The van der Waals surface area contributed by atoms with E-state index in [0.29, 0.717) is 18.5 Å². The lowest BCUT2D eigenvalue weighted by Gasteiger charge is -2.29. The summed E-state index contributed by atoms with van der Waals surface area (Å²) in [6.45, 7) is 2.97. The van der Waals surface area contributed by atoms with Crippen molar-refractivity contribution in [1.29, 1.82) is 0 Å². The number of aliphatic hydroxyl groups is 2. The van der Waals surface area contributed by atoms with Crippen molar-refractivity contribution >= 4 is 11.8 Å². The van der Waals surface area contributed by atoms with Crippen molar-refractivity contribution < 1.29 is 19.8 Å². The number of nitrogens with one attached hydrogen (secondary N) is 2. The van der Waals surface area contributed by atoms with Gasteiger partial charge in [0.05, 0.1) is 18.8 Å². The number of carbonyl (C=O) groups excluding carboxylic acids is 2. The van der Waals surface area contributed by atoms with Crippen molar-refractivity contribution in [3.8, 4) is 0 Å². The minimum atomic E-state index is -1.01. The molecule has 0 saturated carbocycles. The van der Waals surface area contributed by atoms with Crippen molar-refractivity contribution in [2.24, 2.45) is 0 Å². The maximum absolute atomic E-state index is 12.1. The number of carbonyl (C=O) groups is 2. The van der Waals surface area contributed by atoms with Gasteiger partial charge in [-0.25, -0.2) is 0 Å². The first-order valence-electron chi connectivity index (χ1n) is 6.84. The van der Waals surface area contributed by atoms with Gasteiger partial charge < -0.3 is 20.8 Å². The monoisotopic (exact) mass is 294 g/mol. The maximum atomic E-state index is 12.1. The number of amides is 2. The molecule has 0 saturated heterocycles. The predicted molar refractivity (Wildman–Crippen MR) is 78.6 cm³/mol. The van der Waals surface area contributed by atoms with Crippen molar-refractivity contribution in [2.45, 2.75) is 32.4 Å². The summed E-state index contributed by atoms with van der Waals surface area (Å²) in [4.78, 5) is 22.9. The molecule has 0 aliphatic carbocycles. The van der Waals surface area contributed by atoms with Crippen LogP contribution in [-0.4, -0.2) is 40.8 Å². The highest BCUT2D eigenvalue weighted by Gasteiger charge is 2.28. The smallest absolute Gasteiger partial charge is 0.251 e. The molecule has 0 bridgehead atoms. The third kappa shape index (κ3) is 4.84. The summed E-state index contributed by atoms with van der Waals surface area (Å²) in [6.07, 6.45) is 0.423. The molecule has 0 heterocycles. The van der Waals surface area contributed by atoms with E-state index in [0.717, 1.165) is 5.56 Å². The Balaban J connectivity index is 2.73. The lowest BCUT2D eigenvalue weighted by atomic mass is 9.97. The SMILES string of the molecule is CCC(CO)(CO)NC(=O)c1ccc(CNC(C)=O)cc1. The molecule has 0 fully saturated rings. The van der Waals surface area contributed by atoms with Crippen molar-refractivity contribution in [3.05, 3.63) is 35.4 Å². The van der Waals surface area contributed by atoms with Crippen LogP contribution in [-0.2, 0) is 11.3 Å². The molecule has 116 valence electrons. The Hall–Kier alpha value is -1.92. The Morgan fingerprint density at radius 3 is 2.14 bits per heavy atom. The summed E-state index contributed by atoms with van der Waals surface area (Å²) < 4.78 is 0. The van der Waals surface area contributed by atoms with E-state index in [2.05, 4.69) is 10.6 Å². The van der Waals surface area contributed by atoms with Crippen LogP contribution in [0.15, 0.2) is 24.3 Å². The first kappa shape index (κ1) is 17.1. The van der Waals surface area contributed by atoms with Crippen LogP contribution in [0, 0.1) is 0 Å². The van der Waals surface area contributed by atoms with Gasteiger partial charge in [-0.05, 0) is 24.1 Å². The van der Waals surface area contributed by atoms with Crippen LogP contribution in [0.4, 0.5) is 0 Å². The van der Waals surface area contributed by atoms with E-state index in [-0.39, 0.29) is 25.0 Å². The average Bonchev–Trinajstić information content (AvgIpc) is 2.51. The molecule has 0 atom stereocenters. The van der Waals surface area contributed by atoms with Gasteiger partial charge in [-0.1, -0.05) is 19.1 Å². The molecule has 6 heteroatoms. The highest BCUT2D eigenvalue weighted by Crippen LogP contribution is 2.11. The van der Waals surface area contributed by atoms with Crippen LogP contribution in [0.5, 0.6) is 0 Å². The summed E-state index contributed by atoms with van der Waals surface area (Å²) >= 11 is 0. The summed E-state index contributed by atoms with van der Waals surface area (Å²) in [7, 11) is 0. The van der Waals surface area contributed by atoms with E-state index < -0.39 is 5.54 Å². The van der Waals surface area contributed by atoms with E-state index in [1.807, 2.05) is 0 Å². The molecule has 1 aromatic rings. The lowest BCUT2D eigenvalue weighted by molar-refractivity contribution is -0.119.